The predicted octanol–water partition coefficient (Wildman–Crippen LogP) is 3.70. The van der Waals surface area contributed by atoms with Gasteiger partial charge in [0.25, 0.3) is 0 Å². The quantitative estimate of drug-likeness (QED) is 0.832. The van der Waals surface area contributed by atoms with Crippen LogP contribution in [0.5, 0.6) is 0 Å². The van der Waals surface area contributed by atoms with E-state index in [0.717, 1.165) is 11.1 Å². The van der Waals surface area contributed by atoms with Gasteiger partial charge in [0.2, 0.25) is 11.8 Å². The van der Waals surface area contributed by atoms with Crippen LogP contribution in [-0.4, -0.2) is 29.8 Å². The first kappa shape index (κ1) is 19.3. The molecule has 0 aliphatic rings. The molecule has 0 spiro atoms. The van der Waals surface area contributed by atoms with Crippen LogP contribution in [0.1, 0.15) is 18.1 Å². The van der Waals surface area contributed by atoms with Crippen molar-refractivity contribution in [3.8, 4) is 0 Å². The normalized spacial score (nSPS) is 11.7. The van der Waals surface area contributed by atoms with Crippen LogP contribution >= 0.6 is 23.2 Å². The number of carbonyl (C=O) groups excluding carboxylic acids is 2. The number of hydrogen-bond donors (Lipinski definition) is 1. The summed E-state index contributed by atoms with van der Waals surface area (Å²) >= 11 is 12.2. The maximum Gasteiger partial charge on any atom is 0.242 e. The molecule has 2 amide bonds. The Hall–Kier alpha value is -2.04. The van der Waals surface area contributed by atoms with Crippen LogP contribution in [0.25, 0.3) is 0 Å². The number of benzene rings is 2. The molecule has 4 nitrogen and oxygen atoms in total. The Bertz CT molecular complexity index is 765. The van der Waals surface area contributed by atoms with Gasteiger partial charge in [-0.2, -0.15) is 0 Å². The van der Waals surface area contributed by atoms with Crippen LogP contribution in [0.2, 0.25) is 10.0 Å². The first-order chi connectivity index (χ1) is 11.9. The van der Waals surface area contributed by atoms with Crippen LogP contribution < -0.4 is 5.32 Å². The van der Waals surface area contributed by atoms with E-state index in [1.807, 2.05) is 30.3 Å². The Morgan fingerprint density at radius 1 is 1.12 bits per heavy atom. The zero-order valence-electron chi connectivity index (χ0n) is 14.1. The average molecular weight is 379 g/mol. The Morgan fingerprint density at radius 2 is 1.84 bits per heavy atom. The third kappa shape index (κ3) is 5.21. The van der Waals surface area contributed by atoms with Crippen molar-refractivity contribution >= 4 is 35.0 Å². The number of likely N-dealkylation sites (N-methyl/N-ethyl adjacent to an activating group) is 1. The lowest BCUT2D eigenvalue weighted by atomic mass is 10.1. The molecule has 2 aromatic rings. The highest BCUT2D eigenvalue weighted by molar-refractivity contribution is 6.31. The van der Waals surface area contributed by atoms with Gasteiger partial charge in [-0.3, -0.25) is 9.59 Å². The topological polar surface area (TPSA) is 49.4 Å². The van der Waals surface area contributed by atoms with E-state index >= 15 is 0 Å². The smallest absolute Gasteiger partial charge is 0.242 e. The SMILES string of the molecule is CNC(=O)[C@@H](C)N(Cc1cccc(Cl)c1)C(=O)Cc1ccccc1Cl. The number of rotatable bonds is 6. The molecule has 1 N–H and O–H groups in total. The third-order valence-electron chi connectivity index (χ3n) is 3.96. The van der Waals surface area contributed by atoms with E-state index in [2.05, 4.69) is 5.32 Å². The molecule has 6 heteroatoms. The fourth-order valence-corrected chi connectivity index (χ4v) is 2.95. The van der Waals surface area contributed by atoms with Crippen molar-refractivity contribution in [3.63, 3.8) is 0 Å². The summed E-state index contributed by atoms with van der Waals surface area (Å²) < 4.78 is 0. The number of nitrogens with one attached hydrogen (secondary N) is 1. The van der Waals surface area contributed by atoms with E-state index in [9.17, 15) is 9.59 Å². The van der Waals surface area contributed by atoms with Crippen LogP contribution in [0.3, 0.4) is 0 Å². The van der Waals surface area contributed by atoms with Gasteiger partial charge in [-0.05, 0) is 36.2 Å². The van der Waals surface area contributed by atoms with E-state index in [-0.39, 0.29) is 18.2 Å². The molecule has 0 radical (unpaired) electrons. The van der Waals surface area contributed by atoms with Crippen molar-refractivity contribution < 1.29 is 9.59 Å². The second-order valence-corrected chi connectivity index (χ2v) is 6.55. The monoisotopic (exact) mass is 378 g/mol. The zero-order chi connectivity index (χ0) is 18.4. The van der Waals surface area contributed by atoms with E-state index in [4.69, 9.17) is 23.2 Å². The maximum atomic E-state index is 12.9. The molecule has 25 heavy (non-hydrogen) atoms. The second kappa shape index (κ2) is 8.88. The summed E-state index contributed by atoms with van der Waals surface area (Å²) in [6.45, 7) is 1.99. The lowest BCUT2D eigenvalue weighted by Crippen LogP contribution is -2.47. The molecular weight excluding hydrogens is 359 g/mol. The number of halogens is 2. The van der Waals surface area contributed by atoms with Crippen LogP contribution in [-0.2, 0) is 22.6 Å². The summed E-state index contributed by atoms with van der Waals surface area (Å²) in [5.41, 5.74) is 1.59. The molecule has 0 aliphatic carbocycles. The van der Waals surface area contributed by atoms with E-state index in [1.54, 1.807) is 32.2 Å². The number of amides is 2. The van der Waals surface area contributed by atoms with Crippen LogP contribution in [0.4, 0.5) is 0 Å². The van der Waals surface area contributed by atoms with Crippen molar-refractivity contribution in [2.45, 2.75) is 25.9 Å². The largest absolute Gasteiger partial charge is 0.357 e. The van der Waals surface area contributed by atoms with Crippen LogP contribution in [0.15, 0.2) is 48.5 Å². The fraction of sp³-hybridized carbons (Fsp3) is 0.263. The van der Waals surface area contributed by atoms with E-state index in [0.29, 0.717) is 16.6 Å². The number of hydrogen-bond acceptors (Lipinski definition) is 2. The molecule has 0 heterocycles. The molecule has 1 atom stereocenters. The second-order valence-electron chi connectivity index (χ2n) is 5.71. The summed E-state index contributed by atoms with van der Waals surface area (Å²) in [4.78, 5) is 26.5. The highest BCUT2D eigenvalue weighted by Gasteiger charge is 2.26. The Kier molecular flexibility index (Phi) is 6.85. The fourth-order valence-electron chi connectivity index (χ4n) is 2.53. The predicted molar refractivity (Wildman–Crippen MR) is 101 cm³/mol. The Balaban J connectivity index is 2.25. The number of nitrogens with zero attached hydrogens (tertiary/aromatic N) is 1. The maximum absolute atomic E-state index is 12.9. The Labute approximate surface area is 157 Å². The minimum absolute atomic E-state index is 0.127. The van der Waals surface area contributed by atoms with E-state index < -0.39 is 6.04 Å². The Morgan fingerprint density at radius 3 is 2.48 bits per heavy atom. The van der Waals surface area contributed by atoms with Crippen molar-refractivity contribution in [3.05, 3.63) is 69.7 Å². The van der Waals surface area contributed by atoms with Crippen molar-refractivity contribution in [2.24, 2.45) is 0 Å². The van der Waals surface area contributed by atoms with Gasteiger partial charge in [0.05, 0.1) is 6.42 Å². The third-order valence-corrected chi connectivity index (χ3v) is 4.56. The van der Waals surface area contributed by atoms with Crippen molar-refractivity contribution in [2.75, 3.05) is 7.05 Å². The minimum Gasteiger partial charge on any atom is -0.357 e. The van der Waals surface area contributed by atoms with Gasteiger partial charge < -0.3 is 10.2 Å². The molecule has 0 unspecified atom stereocenters. The van der Waals surface area contributed by atoms with Gasteiger partial charge in [-0.25, -0.2) is 0 Å². The average Bonchev–Trinajstić information content (AvgIpc) is 2.60. The van der Waals surface area contributed by atoms with Gasteiger partial charge in [0.1, 0.15) is 6.04 Å². The molecule has 0 aromatic heterocycles. The van der Waals surface area contributed by atoms with Crippen molar-refractivity contribution in [1.82, 2.24) is 10.2 Å². The molecular formula is C19H20Cl2N2O2. The van der Waals surface area contributed by atoms with Gasteiger partial charge in [0.15, 0.2) is 0 Å². The van der Waals surface area contributed by atoms with E-state index in [1.165, 1.54) is 4.90 Å². The summed E-state index contributed by atoms with van der Waals surface area (Å²) in [5.74, 6) is -0.404. The first-order valence-corrected chi connectivity index (χ1v) is 8.67. The van der Waals surface area contributed by atoms with Gasteiger partial charge in [-0.1, -0.05) is 53.5 Å². The summed E-state index contributed by atoms with van der Waals surface area (Å²) in [7, 11) is 1.55. The van der Waals surface area contributed by atoms with Crippen LogP contribution in [0, 0.1) is 0 Å². The van der Waals surface area contributed by atoms with Gasteiger partial charge >= 0.3 is 0 Å². The summed E-state index contributed by atoms with van der Waals surface area (Å²) in [6, 6.07) is 13.8. The highest BCUT2D eigenvalue weighted by Crippen LogP contribution is 2.19. The molecule has 0 saturated heterocycles. The lowest BCUT2D eigenvalue weighted by molar-refractivity contribution is -0.139. The lowest BCUT2D eigenvalue weighted by Gasteiger charge is -2.28. The number of carbonyl (C=O) groups is 2. The summed E-state index contributed by atoms with van der Waals surface area (Å²) in [5, 5.41) is 3.71. The molecule has 0 aliphatic heterocycles. The zero-order valence-corrected chi connectivity index (χ0v) is 15.6. The highest BCUT2D eigenvalue weighted by atomic mass is 35.5. The first-order valence-electron chi connectivity index (χ1n) is 7.91. The standard InChI is InChI=1S/C19H20Cl2N2O2/c1-13(19(25)22-2)23(12-14-6-5-8-16(20)10-14)18(24)11-15-7-3-4-9-17(15)21/h3-10,13H,11-12H2,1-2H3,(H,22,25)/t13-/m1/s1. The van der Waals surface area contributed by atoms with Gasteiger partial charge in [0, 0.05) is 23.6 Å². The molecule has 0 saturated carbocycles. The van der Waals surface area contributed by atoms with Gasteiger partial charge in [-0.15, -0.1) is 0 Å². The molecule has 0 fully saturated rings. The molecule has 2 rings (SSSR count). The molecule has 132 valence electrons. The molecule has 0 bridgehead atoms. The van der Waals surface area contributed by atoms with Crippen molar-refractivity contribution in [1.29, 1.82) is 0 Å². The summed E-state index contributed by atoms with van der Waals surface area (Å²) in [6.07, 6.45) is 0.127. The molecule has 2 aromatic carbocycles. The minimum atomic E-state index is -0.612.